The van der Waals surface area contributed by atoms with Crippen molar-refractivity contribution in [3.05, 3.63) is 0 Å². The Morgan fingerprint density at radius 2 is 1.77 bits per heavy atom. The van der Waals surface area contributed by atoms with Gasteiger partial charge in [-0.05, 0) is 111 Å². The van der Waals surface area contributed by atoms with Crippen LogP contribution < -0.4 is 0 Å². The lowest BCUT2D eigenvalue weighted by Crippen LogP contribution is -2.51. The Labute approximate surface area is 170 Å². The van der Waals surface area contributed by atoms with Crippen molar-refractivity contribution in [3.63, 3.8) is 0 Å². The first-order chi connectivity index (χ1) is 12.4. The van der Waals surface area contributed by atoms with Crippen molar-refractivity contribution in [2.24, 2.45) is 46.8 Å². The van der Waals surface area contributed by atoms with Crippen molar-refractivity contribution in [2.45, 2.75) is 97.0 Å². The summed E-state index contributed by atoms with van der Waals surface area (Å²) in [5, 5.41) is 12.2. The highest BCUT2D eigenvalue weighted by molar-refractivity contribution is 9.09. The van der Waals surface area contributed by atoms with Gasteiger partial charge in [-0.2, -0.15) is 0 Å². The monoisotopic (exact) mass is 424 g/mol. The molecule has 4 saturated carbocycles. The summed E-state index contributed by atoms with van der Waals surface area (Å²) < 4.78 is 0. The summed E-state index contributed by atoms with van der Waals surface area (Å²) in [5.74, 6) is 6.50. The minimum atomic E-state index is -0.324. The first-order valence-electron chi connectivity index (χ1n) is 11.7. The number of hydrogen-bond acceptors (Lipinski definition) is 1. The van der Waals surface area contributed by atoms with Crippen molar-refractivity contribution in [3.8, 4) is 0 Å². The number of rotatable bonds is 4. The van der Waals surface area contributed by atoms with E-state index in [4.69, 9.17) is 0 Å². The number of hydrogen-bond donors (Lipinski definition) is 1. The molecule has 0 aliphatic heterocycles. The molecule has 0 radical (unpaired) electrons. The van der Waals surface area contributed by atoms with Gasteiger partial charge in [-0.25, -0.2) is 0 Å². The largest absolute Gasteiger partial charge is 0.390 e. The molecular weight excluding hydrogens is 384 g/mol. The second kappa shape index (κ2) is 7.36. The van der Waals surface area contributed by atoms with Crippen LogP contribution in [-0.2, 0) is 0 Å². The van der Waals surface area contributed by atoms with E-state index in [0.717, 1.165) is 67.1 Å². The number of aliphatic hydroxyl groups is 1. The van der Waals surface area contributed by atoms with Gasteiger partial charge in [0, 0.05) is 5.33 Å². The van der Waals surface area contributed by atoms with Gasteiger partial charge in [0.2, 0.25) is 0 Å². The minimum absolute atomic E-state index is 0.324. The quantitative estimate of drug-likeness (QED) is 0.490. The number of alkyl halides is 1. The van der Waals surface area contributed by atoms with E-state index in [0.29, 0.717) is 5.41 Å². The molecule has 4 aliphatic carbocycles. The molecule has 0 aromatic heterocycles. The highest BCUT2D eigenvalue weighted by Crippen LogP contribution is 2.65. The van der Waals surface area contributed by atoms with Gasteiger partial charge >= 0.3 is 0 Å². The summed E-state index contributed by atoms with van der Waals surface area (Å²) >= 11 is 3.78. The lowest BCUT2D eigenvalue weighted by atomic mass is 9.48. The van der Waals surface area contributed by atoms with Crippen molar-refractivity contribution < 1.29 is 5.11 Å². The molecular formula is C24H41BrO. The molecule has 0 aromatic carbocycles. The van der Waals surface area contributed by atoms with Gasteiger partial charge in [-0.3, -0.25) is 0 Å². The zero-order valence-corrected chi connectivity index (χ0v) is 18.9. The minimum Gasteiger partial charge on any atom is -0.390 e. The van der Waals surface area contributed by atoms with Gasteiger partial charge in [0.15, 0.2) is 0 Å². The molecule has 4 rings (SSSR count). The molecule has 4 fully saturated rings. The van der Waals surface area contributed by atoms with Gasteiger partial charge in [0.25, 0.3) is 0 Å². The predicted octanol–water partition coefficient (Wildman–Crippen LogP) is 6.82. The molecule has 0 spiro atoms. The Morgan fingerprint density at radius 1 is 1.00 bits per heavy atom. The summed E-state index contributed by atoms with van der Waals surface area (Å²) in [7, 11) is 0. The Balaban J connectivity index is 1.49. The Hall–Kier alpha value is 0.440. The summed E-state index contributed by atoms with van der Waals surface area (Å²) in [4.78, 5) is 0. The van der Waals surface area contributed by atoms with Crippen LogP contribution in [-0.4, -0.2) is 16.0 Å². The van der Waals surface area contributed by atoms with Crippen LogP contribution in [0.15, 0.2) is 0 Å². The average molecular weight is 425 g/mol. The number of halogens is 1. The molecule has 0 saturated heterocycles. The second-order valence-corrected chi connectivity index (χ2v) is 11.7. The molecule has 4 aliphatic rings. The maximum atomic E-state index is 11.0. The van der Waals surface area contributed by atoms with Gasteiger partial charge in [-0.15, -0.1) is 0 Å². The van der Waals surface area contributed by atoms with E-state index < -0.39 is 0 Å². The maximum absolute atomic E-state index is 11.0. The van der Waals surface area contributed by atoms with Crippen molar-refractivity contribution in [1.82, 2.24) is 0 Å². The van der Waals surface area contributed by atoms with Crippen LogP contribution in [0.5, 0.6) is 0 Å². The maximum Gasteiger partial charge on any atom is 0.0650 e. The molecule has 0 amide bonds. The molecule has 0 aromatic rings. The van der Waals surface area contributed by atoms with Crippen LogP contribution in [0.1, 0.15) is 91.4 Å². The average Bonchev–Trinajstić information content (AvgIpc) is 2.98. The van der Waals surface area contributed by atoms with Crippen LogP contribution >= 0.6 is 15.9 Å². The van der Waals surface area contributed by atoms with E-state index in [1.807, 2.05) is 0 Å². The topological polar surface area (TPSA) is 20.2 Å². The van der Waals surface area contributed by atoms with Crippen LogP contribution in [0.25, 0.3) is 0 Å². The Bertz CT molecular complexity index is 506. The van der Waals surface area contributed by atoms with Crippen molar-refractivity contribution >= 4 is 15.9 Å². The van der Waals surface area contributed by atoms with E-state index in [1.54, 1.807) is 0 Å². The fraction of sp³-hybridized carbons (Fsp3) is 1.00. The van der Waals surface area contributed by atoms with Crippen LogP contribution in [0.2, 0.25) is 0 Å². The predicted molar refractivity (Wildman–Crippen MR) is 113 cm³/mol. The summed E-state index contributed by atoms with van der Waals surface area (Å²) in [6.07, 6.45) is 14.5. The van der Waals surface area contributed by atoms with E-state index in [1.165, 1.54) is 50.3 Å². The first kappa shape index (κ1) is 19.7. The van der Waals surface area contributed by atoms with Gasteiger partial charge in [0.05, 0.1) is 5.60 Å². The fourth-order valence-corrected chi connectivity index (χ4v) is 9.19. The molecule has 26 heavy (non-hydrogen) atoms. The van der Waals surface area contributed by atoms with Crippen molar-refractivity contribution in [1.29, 1.82) is 0 Å². The lowest BCUT2D eigenvalue weighted by Gasteiger charge is -2.57. The van der Waals surface area contributed by atoms with E-state index in [9.17, 15) is 5.11 Å². The smallest absolute Gasteiger partial charge is 0.0650 e. The van der Waals surface area contributed by atoms with Crippen LogP contribution in [0.4, 0.5) is 0 Å². The third kappa shape index (κ3) is 3.14. The fourth-order valence-electron chi connectivity index (χ4n) is 8.74. The normalized spacial score (nSPS) is 52.0. The van der Waals surface area contributed by atoms with Gasteiger partial charge in [0.1, 0.15) is 0 Å². The molecule has 0 bridgehead atoms. The number of fused-ring (bicyclic) bond motifs is 5. The highest BCUT2D eigenvalue weighted by atomic mass is 79.9. The third-order valence-electron chi connectivity index (χ3n) is 9.82. The second-order valence-electron chi connectivity index (χ2n) is 11.0. The van der Waals surface area contributed by atoms with Crippen LogP contribution in [0.3, 0.4) is 0 Å². The first-order valence-corrected chi connectivity index (χ1v) is 12.8. The molecule has 2 unspecified atom stereocenters. The summed E-state index contributed by atoms with van der Waals surface area (Å²) in [6.45, 7) is 7.37. The van der Waals surface area contributed by atoms with Gasteiger partial charge < -0.3 is 5.11 Å². The summed E-state index contributed by atoms with van der Waals surface area (Å²) in [5.41, 5.74) is 0.286. The molecule has 1 N–H and O–H groups in total. The summed E-state index contributed by atoms with van der Waals surface area (Å²) in [6, 6.07) is 0. The van der Waals surface area contributed by atoms with Crippen molar-refractivity contribution in [2.75, 3.05) is 5.33 Å². The van der Waals surface area contributed by atoms with Gasteiger partial charge in [-0.1, -0.05) is 43.1 Å². The lowest BCUT2D eigenvalue weighted by molar-refractivity contribution is -0.110. The zero-order chi connectivity index (χ0) is 18.5. The zero-order valence-electron chi connectivity index (χ0n) is 17.4. The molecule has 2 heteroatoms. The highest BCUT2D eigenvalue weighted by Gasteiger charge is 2.58. The third-order valence-corrected chi connectivity index (χ3v) is 10.8. The van der Waals surface area contributed by atoms with E-state index in [-0.39, 0.29) is 5.60 Å². The van der Waals surface area contributed by atoms with Crippen LogP contribution in [0, 0.1) is 46.8 Å². The molecule has 1 nitrogen and oxygen atoms in total. The van der Waals surface area contributed by atoms with E-state index >= 15 is 0 Å². The SMILES string of the molecule is CCC[C@@]1(O)CC[C@H]2[C@H](CC[C@@H]3[C@@H]2CC[C@]2(C)C(C(C)CBr)CC[C@@H]32)C1. The molecule has 0 heterocycles. The molecule has 150 valence electrons. The standard InChI is InChI=1S/C24H41BrO/c1-4-11-24(26)13-10-18-17(14-24)5-6-20-19(18)9-12-23(3)21(16(2)15-25)7-8-22(20)23/h16-22,26H,4-15H2,1-3H3/t16?,17-,18+,19-,20-,21?,22+,23-,24-/m1/s1. The van der Waals surface area contributed by atoms with E-state index in [2.05, 4.69) is 36.7 Å². The Morgan fingerprint density at radius 3 is 2.50 bits per heavy atom. The Kier molecular flexibility index (Phi) is 5.59. The molecule has 9 atom stereocenters.